The van der Waals surface area contributed by atoms with Crippen LogP contribution in [0.3, 0.4) is 0 Å². The Hall–Kier alpha value is -0.570. The zero-order valence-electron chi connectivity index (χ0n) is 10.7. The maximum absolute atomic E-state index is 12.2. The molecule has 0 N–H and O–H groups in total. The lowest BCUT2D eigenvalue weighted by molar-refractivity contribution is -0.245. The second-order valence-electron chi connectivity index (χ2n) is 6.06. The van der Waals surface area contributed by atoms with E-state index in [4.69, 9.17) is 9.47 Å². The molecule has 3 aliphatic rings. The van der Waals surface area contributed by atoms with Gasteiger partial charge in [0.05, 0.1) is 25.7 Å². The van der Waals surface area contributed by atoms with Crippen LogP contribution >= 0.6 is 0 Å². The molecule has 0 spiro atoms. The molecule has 2 aliphatic carbocycles. The predicted molar refractivity (Wildman–Crippen MR) is 63.5 cm³/mol. The number of carbonyl (C=O) groups excluding carboxylic acids is 1. The van der Waals surface area contributed by atoms with Crippen LogP contribution in [0.1, 0.15) is 44.9 Å². The van der Waals surface area contributed by atoms with E-state index in [0.29, 0.717) is 5.92 Å². The Labute approximate surface area is 103 Å². The van der Waals surface area contributed by atoms with E-state index >= 15 is 0 Å². The summed E-state index contributed by atoms with van der Waals surface area (Å²) < 4.78 is 10.6. The van der Waals surface area contributed by atoms with Crippen molar-refractivity contribution in [2.45, 2.75) is 44.9 Å². The number of methoxy groups -OCH3 is 1. The molecule has 1 saturated heterocycles. The van der Waals surface area contributed by atoms with Crippen LogP contribution in [0.15, 0.2) is 0 Å². The highest BCUT2D eigenvalue weighted by Gasteiger charge is 2.66. The zero-order chi connectivity index (χ0) is 11.9. The molecule has 1 aliphatic heterocycles. The molecule has 0 unspecified atom stereocenters. The van der Waals surface area contributed by atoms with Crippen molar-refractivity contribution < 1.29 is 14.3 Å². The van der Waals surface area contributed by atoms with Gasteiger partial charge in [-0.2, -0.15) is 0 Å². The van der Waals surface area contributed by atoms with Crippen molar-refractivity contribution in [3.05, 3.63) is 0 Å². The van der Waals surface area contributed by atoms with E-state index in [1.165, 1.54) is 39.2 Å². The SMILES string of the molecule is COC(=O)C1(C2(C3CCCC3)COC2)CCC1. The van der Waals surface area contributed by atoms with Crippen LogP contribution in [0.2, 0.25) is 0 Å². The molecule has 96 valence electrons. The van der Waals surface area contributed by atoms with Gasteiger partial charge in [0.1, 0.15) is 0 Å². The first kappa shape index (κ1) is 11.5. The summed E-state index contributed by atoms with van der Waals surface area (Å²) in [6.07, 6.45) is 8.40. The Morgan fingerprint density at radius 3 is 2.18 bits per heavy atom. The summed E-state index contributed by atoms with van der Waals surface area (Å²) in [6, 6.07) is 0. The van der Waals surface area contributed by atoms with E-state index in [1.54, 1.807) is 0 Å². The molecule has 0 aromatic heterocycles. The summed E-state index contributed by atoms with van der Waals surface area (Å²) in [7, 11) is 1.53. The average molecular weight is 238 g/mol. The highest BCUT2D eigenvalue weighted by atomic mass is 16.5. The molecule has 3 heteroatoms. The summed E-state index contributed by atoms with van der Waals surface area (Å²) in [5.74, 6) is 0.717. The number of esters is 1. The molecule has 0 amide bonds. The van der Waals surface area contributed by atoms with Crippen LogP contribution in [0, 0.1) is 16.7 Å². The Kier molecular flexibility index (Phi) is 2.69. The minimum absolute atomic E-state index is 0.0268. The third-order valence-corrected chi connectivity index (χ3v) is 5.59. The molecule has 0 aromatic carbocycles. The van der Waals surface area contributed by atoms with Crippen LogP contribution in [-0.4, -0.2) is 26.3 Å². The highest BCUT2D eigenvalue weighted by molar-refractivity contribution is 5.79. The molecular weight excluding hydrogens is 216 g/mol. The van der Waals surface area contributed by atoms with E-state index < -0.39 is 0 Å². The van der Waals surface area contributed by atoms with Gasteiger partial charge in [0.15, 0.2) is 0 Å². The highest BCUT2D eigenvalue weighted by Crippen LogP contribution is 2.63. The van der Waals surface area contributed by atoms with Crippen molar-refractivity contribution in [2.75, 3.05) is 20.3 Å². The van der Waals surface area contributed by atoms with Crippen LogP contribution in [0.25, 0.3) is 0 Å². The third kappa shape index (κ3) is 1.35. The predicted octanol–water partition coefficient (Wildman–Crippen LogP) is 2.54. The van der Waals surface area contributed by atoms with Gasteiger partial charge < -0.3 is 9.47 Å². The van der Waals surface area contributed by atoms with Crippen molar-refractivity contribution >= 4 is 5.97 Å². The third-order valence-electron chi connectivity index (χ3n) is 5.59. The quantitative estimate of drug-likeness (QED) is 0.709. The molecule has 3 fully saturated rings. The van der Waals surface area contributed by atoms with Gasteiger partial charge in [0.2, 0.25) is 0 Å². The largest absolute Gasteiger partial charge is 0.469 e. The molecular formula is C14H22O3. The van der Waals surface area contributed by atoms with E-state index in [-0.39, 0.29) is 16.8 Å². The molecule has 17 heavy (non-hydrogen) atoms. The van der Waals surface area contributed by atoms with Gasteiger partial charge in [-0.1, -0.05) is 19.3 Å². The topological polar surface area (TPSA) is 35.5 Å². The second kappa shape index (κ2) is 3.98. The number of hydrogen-bond donors (Lipinski definition) is 0. The van der Waals surface area contributed by atoms with Crippen molar-refractivity contribution in [3.63, 3.8) is 0 Å². The molecule has 0 aromatic rings. The molecule has 1 heterocycles. The number of carbonyl (C=O) groups is 1. The fourth-order valence-corrected chi connectivity index (χ4v) is 4.33. The van der Waals surface area contributed by atoms with E-state index in [2.05, 4.69) is 0 Å². The Morgan fingerprint density at radius 1 is 1.18 bits per heavy atom. The average Bonchev–Trinajstić information content (AvgIpc) is 2.72. The first-order valence-corrected chi connectivity index (χ1v) is 6.91. The van der Waals surface area contributed by atoms with E-state index in [9.17, 15) is 4.79 Å². The Bertz CT molecular complexity index is 309. The Morgan fingerprint density at radius 2 is 1.82 bits per heavy atom. The molecule has 0 radical (unpaired) electrons. The van der Waals surface area contributed by atoms with Crippen LogP contribution in [0.5, 0.6) is 0 Å². The molecule has 0 atom stereocenters. The Balaban J connectivity index is 1.90. The summed E-state index contributed by atoms with van der Waals surface area (Å²) in [6.45, 7) is 1.57. The van der Waals surface area contributed by atoms with Crippen molar-refractivity contribution in [2.24, 2.45) is 16.7 Å². The summed E-state index contributed by atoms with van der Waals surface area (Å²) in [5.41, 5.74) is -0.0795. The van der Waals surface area contributed by atoms with Gasteiger partial charge in [-0.25, -0.2) is 0 Å². The standard InChI is InChI=1S/C14H22O3/c1-16-12(15)13(7-4-8-13)14(9-17-10-14)11-5-2-3-6-11/h11H,2-10H2,1H3. The lowest BCUT2D eigenvalue weighted by atomic mass is 9.47. The summed E-state index contributed by atoms with van der Waals surface area (Å²) >= 11 is 0. The minimum atomic E-state index is -0.199. The minimum Gasteiger partial charge on any atom is -0.469 e. The van der Waals surface area contributed by atoms with Crippen molar-refractivity contribution in [3.8, 4) is 0 Å². The van der Waals surface area contributed by atoms with Gasteiger partial charge in [0.25, 0.3) is 0 Å². The van der Waals surface area contributed by atoms with Gasteiger partial charge in [0, 0.05) is 5.41 Å². The molecule has 3 rings (SSSR count). The lowest BCUT2D eigenvalue weighted by Crippen LogP contribution is -2.65. The van der Waals surface area contributed by atoms with Crippen LogP contribution < -0.4 is 0 Å². The van der Waals surface area contributed by atoms with Crippen molar-refractivity contribution in [1.82, 2.24) is 0 Å². The number of ether oxygens (including phenoxy) is 2. The van der Waals surface area contributed by atoms with E-state index in [1.807, 2.05) is 0 Å². The smallest absolute Gasteiger partial charge is 0.312 e. The van der Waals surface area contributed by atoms with Gasteiger partial charge in [-0.05, 0) is 31.6 Å². The first-order valence-electron chi connectivity index (χ1n) is 6.91. The first-order chi connectivity index (χ1) is 8.25. The second-order valence-corrected chi connectivity index (χ2v) is 6.06. The monoisotopic (exact) mass is 238 g/mol. The summed E-state index contributed by atoms with van der Waals surface area (Å²) in [5, 5.41) is 0. The van der Waals surface area contributed by atoms with Crippen molar-refractivity contribution in [1.29, 1.82) is 0 Å². The van der Waals surface area contributed by atoms with Gasteiger partial charge in [-0.15, -0.1) is 0 Å². The zero-order valence-corrected chi connectivity index (χ0v) is 10.7. The fraction of sp³-hybridized carbons (Fsp3) is 0.929. The normalized spacial score (nSPS) is 30.4. The van der Waals surface area contributed by atoms with E-state index in [0.717, 1.165) is 26.1 Å². The number of hydrogen-bond acceptors (Lipinski definition) is 3. The number of rotatable bonds is 3. The summed E-state index contributed by atoms with van der Waals surface area (Å²) in [4.78, 5) is 12.2. The van der Waals surface area contributed by atoms with Crippen LogP contribution in [-0.2, 0) is 14.3 Å². The molecule has 2 saturated carbocycles. The maximum atomic E-state index is 12.2. The maximum Gasteiger partial charge on any atom is 0.312 e. The fourth-order valence-electron chi connectivity index (χ4n) is 4.33. The molecule has 3 nitrogen and oxygen atoms in total. The molecule has 0 bridgehead atoms. The van der Waals surface area contributed by atoms with Gasteiger partial charge in [-0.3, -0.25) is 4.79 Å². The lowest BCUT2D eigenvalue weighted by Gasteiger charge is -2.60. The van der Waals surface area contributed by atoms with Crippen LogP contribution in [0.4, 0.5) is 0 Å². The van der Waals surface area contributed by atoms with Gasteiger partial charge >= 0.3 is 5.97 Å².